The normalized spacial score (nSPS) is 18.7. The molecular weight excluding hydrogens is 505 g/mol. The molecule has 1 aromatic heterocycles. The topological polar surface area (TPSA) is 56.6 Å². The van der Waals surface area contributed by atoms with E-state index in [1.165, 1.54) is 26.5 Å². The van der Waals surface area contributed by atoms with Gasteiger partial charge < -0.3 is 14.4 Å². The molecule has 0 aliphatic carbocycles. The summed E-state index contributed by atoms with van der Waals surface area (Å²) in [6.45, 7) is 7.29. The zero-order valence-corrected chi connectivity index (χ0v) is 21.0. The molecule has 2 aromatic carbocycles. The van der Waals surface area contributed by atoms with Crippen molar-refractivity contribution in [2.45, 2.75) is 31.6 Å². The average Bonchev–Trinajstić information content (AvgIpc) is 3.20. The highest BCUT2D eigenvalue weighted by Crippen LogP contribution is 3.02. The molecule has 12 heteroatoms. The largest absolute Gasteiger partial charge is 0.494 e. The minimum absolute atomic E-state index is 0.120. The molecule has 0 bridgehead atoms. The maximum atomic E-state index is 13.3. The first-order chi connectivity index (χ1) is 16.7. The number of hydrogen-bond donors (Lipinski definition) is 0. The molecule has 3 aromatic rings. The van der Waals surface area contributed by atoms with Crippen LogP contribution in [0.5, 0.6) is 11.5 Å². The third kappa shape index (κ3) is 5.59. The number of aromatic nitrogens is 2. The number of halogens is 5. The van der Waals surface area contributed by atoms with Gasteiger partial charge in [-0.05, 0) is 62.6 Å². The van der Waals surface area contributed by atoms with Gasteiger partial charge >= 0.3 is 10.2 Å². The second kappa shape index (κ2) is 8.62. The van der Waals surface area contributed by atoms with E-state index in [1.807, 2.05) is 0 Å². The van der Waals surface area contributed by atoms with Crippen molar-refractivity contribution < 1.29 is 28.9 Å². The molecule has 0 N–H and O–H groups in total. The molecule has 0 saturated carbocycles. The number of fused-ring (bicyclic) bond motifs is 1. The van der Waals surface area contributed by atoms with E-state index in [-0.39, 0.29) is 34.9 Å². The maximum absolute atomic E-state index is 13.3. The third-order valence-corrected chi connectivity index (χ3v) is 7.39. The van der Waals surface area contributed by atoms with Crippen molar-refractivity contribution in [2.24, 2.45) is 5.92 Å². The molecule has 6 nitrogen and oxygen atoms in total. The lowest BCUT2D eigenvalue weighted by Gasteiger charge is -2.40. The Kier molecular flexibility index (Phi) is 6.27. The van der Waals surface area contributed by atoms with Crippen molar-refractivity contribution in [3.63, 3.8) is 0 Å². The highest BCUT2D eigenvalue weighted by Gasteiger charge is 2.65. The van der Waals surface area contributed by atoms with Crippen molar-refractivity contribution >= 4 is 21.1 Å². The summed E-state index contributed by atoms with van der Waals surface area (Å²) < 4.78 is 79.0. The zero-order chi connectivity index (χ0) is 26.4. The Hall–Kier alpha value is -2.86. The summed E-state index contributed by atoms with van der Waals surface area (Å²) in [5.74, 6) is 1.57. The molecule has 0 radical (unpaired) electrons. The van der Waals surface area contributed by atoms with Crippen molar-refractivity contribution in [1.82, 2.24) is 14.5 Å². The quantitative estimate of drug-likeness (QED) is 0.245. The molecule has 36 heavy (non-hydrogen) atoms. The molecule has 1 fully saturated rings. The molecule has 0 amide bonds. The van der Waals surface area contributed by atoms with Gasteiger partial charge in [0.1, 0.15) is 22.2 Å². The predicted octanol–water partition coefficient (Wildman–Crippen LogP) is 6.47. The number of methoxy groups -OCH3 is 1. The van der Waals surface area contributed by atoms with Crippen LogP contribution < -0.4 is 15.0 Å². The molecule has 1 unspecified atom stereocenters. The number of benzene rings is 2. The summed E-state index contributed by atoms with van der Waals surface area (Å²) in [7, 11) is -8.60. The first-order valence-corrected chi connectivity index (χ1v) is 13.4. The summed E-state index contributed by atoms with van der Waals surface area (Å²) in [6, 6.07) is 5.88. The second-order valence-electron chi connectivity index (χ2n) is 9.18. The van der Waals surface area contributed by atoms with E-state index in [0.717, 1.165) is 36.7 Å². The van der Waals surface area contributed by atoms with Gasteiger partial charge in [-0.15, -0.1) is 0 Å². The van der Waals surface area contributed by atoms with E-state index in [9.17, 15) is 24.2 Å². The average molecular weight is 534 g/mol. The maximum Gasteiger partial charge on any atom is 0.310 e. The standard InChI is InChI=1S/C24H28F5N3O3S/c1-16-9-11-31(15-16)10-4-12-35-18-5-8-22(23(13-18)34-3)32-17(2)30-21-7-6-19(14-20(21)24(32)33)36(25,26,27,28)29/h5-8,13-14,16H,4,9-12,15H2,1-3H3. The molecule has 1 atom stereocenters. The van der Waals surface area contributed by atoms with Gasteiger partial charge in [-0.3, -0.25) is 9.36 Å². The molecule has 2 heterocycles. The van der Waals surface area contributed by atoms with Crippen molar-refractivity contribution in [3.8, 4) is 17.2 Å². The van der Waals surface area contributed by atoms with Gasteiger partial charge in [0.15, 0.2) is 0 Å². The molecule has 1 aliphatic rings. The van der Waals surface area contributed by atoms with Crippen LogP contribution in [0.2, 0.25) is 0 Å². The first kappa shape index (κ1) is 26.2. The van der Waals surface area contributed by atoms with Crippen LogP contribution in [0.4, 0.5) is 19.4 Å². The Labute approximate surface area is 205 Å². The minimum atomic E-state index is -9.98. The van der Waals surface area contributed by atoms with Crippen LogP contribution in [0.1, 0.15) is 25.6 Å². The molecule has 1 aliphatic heterocycles. The van der Waals surface area contributed by atoms with Gasteiger partial charge in [-0.2, -0.15) is 0 Å². The third-order valence-electron chi connectivity index (χ3n) is 6.24. The zero-order valence-electron chi connectivity index (χ0n) is 20.1. The second-order valence-corrected chi connectivity index (χ2v) is 11.6. The number of ether oxygens (including phenoxy) is 2. The summed E-state index contributed by atoms with van der Waals surface area (Å²) in [6.07, 6.45) is 2.03. The monoisotopic (exact) mass is 533 g/mol. The Morgan fingerprint density at radius 2 is 1.86 bits per heavy atom. The van der Waals surface area contributed by atoms with Gasteiger partial charge in [0, 0.05) is 19.2 Å². The van der Waals surface area contributed by atoms with Gasteiger partial charge in [0.05, 0.1) is 30.3 Å². The number of aryl methyl sites for hydroxylation is 1. The fourth-order valence-electron chi connectivity index (χ4n) is 4.44. The van der Waals surface area contributed by atoms with E-state index >= 15 is 0 Å². The van der Waals surface area contributed by atoms with Gasteiger partial charge in [0.25, 0.3) is 5.56 Å². The smallest absolute Gasteiger partial charge is 0.310 e. The van der Waals surface area contributed by atoms with Crippen LogP contribution in [0.25, 0.3) is 16.6 Å². The number of hydrogen-bond acceptors (Lipinski definition) is 5. The Balaban J connectivity index is 1.63. The van der Waals surface area contributed by atoms with Gasteiger partial charge in [0.2, 0.25) is 0 Å². The summed E-state index contributed by atoms with van der Waals surface area (Å²) in [4.78, 5) is 17.6. The van der Waals surface area contributed by atoms with Crippen LogP contribution in [-0.4, -0.2) is 47.8 Å². The number of rotatable bonds is 8. The summed E-state index contributed by atoms with van der Waals surface area (Å²) in [5.41, 5.74) is -0.843. The van der Waals surface area contributed by atoms with Crippen LogP contribution in [0.3, 0.4) is 0 Å². The predicted molar refractivity (Wildman–Crippen MR) is 130 cm³/mol. The molecular formula is C24H28F5N3O3S. The van der Waals surface area contributed by atoms with Crippen LogP contribution in [0, 0.1) is 12.8 Å². The fourth-order valence-corrected chi connectivity index (χ4v) is 5.11. The summed E-state index contributed by atoms with van der Waals surface area (Å²) >= 11 is 0. The van der Waals surface area contributed by atoms with E-state index in [2.05, 4.69) is 16.8 Å². The van der Waals surface area contributed by atoms with Gasteiger partial charge in [-0.25, -0.2) is 4.98 Å². The molecule has 0 spiro atoms. The fraction of sp³-hybridized carbons (Fsp3) is 0.417. The lowest BCUT2D eigenvalue weighted by atomic mass is 10.2. The van der Waals surface area contributed by atoms with Crippen molar-refractivity contribution in [2.75, 3.05) is 33.4 Å². The van der Waals surface area contributed by atoms with E-state index in [0.29, 0.717) is 18.3 Å². The molecule has 4 rings (SSSR count). The van der Waals surface area contributed by atoms with E-state index in [4.69, 9.17) is 9.47 Å². The van der Waals surface area contributed by atoms with Crippen molar-refractivity contribution in [3.05, 3.63) is 52.6 Å². The SMILES string of the molecule is COc1cc(OCCCN2CCC(C)C2)ccc1-n1c(C)nc2ccc(S(F)(F)(F)(F)F)cc2c1=O. The lowest BCUT2D eigenvalue weighted by molar-refractivity contribution is 0.259. The Bertz CT molecular complexity index is 1360. The highest BCUT2D eigenvalue weighted by molar-refractivity contribution is 8.45. The van der Waals surface area contributed by atoms with Crippen molar-refractivity contribution in [1.29, 1.82) is 0 Å². The molecule has 1 saturated heterocycles. The van der Waals surface area contributed by atoms with E-state index in [1.54, 1.807) is 12.1 Å². The lowest BCUT2D eigenvalue weighted by Crippen LogP contribution is -2.23. The van der Waals surface area contributed by atoms with E-state index < -0.39 is 26.1 Å². The minimum Gasteiger partial charge on any atom is -0.494 e. The Morgan fingerprint density at radius 1 is 1.11 bits per heavy atom. The van der Waals surface area contributed by atoms with Gasteiger partial charge in [-0.1, -0.05) is 26.4 Å². The number of likely N-dealkylation sites (tertiary alicyclic amines) is 1. The molecule has 198 valence electrons. The van der Waals surface area contributed by atoms with Crippen LogP contribution >= 0.6 is 10.2 Å². The van der Waals surface area contributed by atoms with Crippen LogP contribution in [-0.2, 0) is 0 Å². The van der Waals surface area contributed by atoms with Crippen LogP contribution in [0.15, 0.2) is 46.1 Å². The highest BCUT2D eigenvalue weighted by atomic mass is 32.5. The summed E-state index contributed by atoms with van der Waals surface area (Å²) in [5, 5.41) is -0.579. The Morgan fingerprint density at radius 3 is 2.50 bits per heavy atom. The number of nitrogens with zero attached hydrogens (tertiary/aromatic N) is 3. The first-order valence-electron chi connectivity index (χ1n) is 11.5.